The van der Waals surface area contributed by atoms with Crippen molar-refractivity contribution in [2.75, 3.05) is 5.88 Å². The smallest absolute Gasteiger partial charge is 0.137 e. The van der Waals surface area contributed by atoms with Crippen molar-refractivity contribution in [3.05, 3.63) is 12.2 Å². The van der Waals surface area contributed by atoms with Crippen LogP contribution in [0.1, 0.15) is 27.2 Å². The van der Waals surface area contributed by atoms with Crippen molar-refractivity contribution >= 4 is 23.2 Å². The van der Waals surface area contributed by atoms with E-state index in [1.165, 1.54) is 13.8 Å². The molecule has 0 aromatic heterocycles. The third kappa shape index (κ3) is 22.8. The van der Waals surface area contributed by atoms with E-state index in [0.717, 1.165) is 5.57 Å². The van der Waals surface area contributed by atoms with Gasteiger partial charge in [-0.2, -0.15) is 0 Å². The van der Waals surface area contributed by atoms with Gasteiger partial charge in [0, 0.05) is 5.88 Å². The summed E-state index contributed by atoms with van der Waals surface area (Å²) in [6, 6.07) is 0. The number of halogens is 1. The van der Waals surface area contributed by atoms with Crippen LogP contribution in [0.25, 0.3) is 0 Å². The first-order valence-electron chi connectivity index (χ1n) is 3.59. The third-order valence-electron chi connectivity index (χ3n) is 0.726. The molecule has 0 fully saturated rings. The van der Waals surface area contributed by atoms with Crippen LogP contribution in [0.15, 0.2) is 12.2 Å². The van der Waals surface area contributed by atoms with E-state index in [2.05, 4.69) is 6.58 Å². The molecule has 0 unspecified atom stereocenters. The Kier molecular flexibility index (Phi) is 9.83. The van der Waals surface area contributed by atoms with Crippen LogP contribution in [0.3, 0.4) is 0 Å². The van der Waals surface area contributed by atoms with E-state index in [1.807, 2.05) is 6.92 Å². The highest BCUT2D eigenvalue weighted by Crippen LogP contribution is 1.86. The highest BCUT2D eigenvalue weighted by molar-refractivity contribution is 6.19. The van der Waals surface area contributed by atoms with Crippen LogP contribution in [0, 0.1) is 0 Å². The van der Waals surface area contributed by atoms with Crippen molar-refractivity contribution in [1.29, 1.82) is 0 Å². The number of carbonyl (C=O) groups excluding carboxylic acids is 2. The van der Waals surface area contributed by atoms with Crippen molar-refractivity contribution < 1.29 is 9.59 Å². The maximum Gasteiger partial charge on any atom is 0.137 e. The molecule has 0 N–H and O–H groups in total. The average Bonchev–Trinajstić information content (AvgIpc) is 1.85. The van der Waals surface area contributed by atoms with Crippen molar-refractivity contribution in [1.82, 2.24) is 0 Å². The lowest BCUT2D eigenvalue weighted by Gasteiger charge is -1.81. The number of rotatable bonds is 3. The number of hydrogen-bond acceptors (Lipinski definition) is 2. The van der Waals surface area contributed by atoms with Crippen molar-refractivity contribution in [3.63, 3.8) is 0 Å². The summed E-state index contributed by atoms with van der Waals surface area (Å²) in [7, 11) is 0. The summed E-state index contributed by atoms with van der Waals surface area (Å²) in [5.74, 6) is 0.458. The van der Waals surface area contributed by atoms with Crippen LogP contribution in [-0.4, -0.2) is 17.4 Å². The molecule has 0 saturated carbocycles. The standard InChI is InChI=1S/C5H8O2.C4H7Cl/c1-4(6)3-5(2)7;1-4(2)3-5/h3H2,1-2H3;1,3H2,2H3. The first-order chi connectivity index (χ1) is 5.40. The Labute approximate surface area is 78.6 Å². The molecule has 0 atom stereocenters. The molecule has 2 nitrogen and oxygen atoms in total. The maximum atomic E-state index is 10.0. The van der Waals surface area contributed by atoms with E-state index >= 15 is 0 Å². The van der Waals surface area contributed by atoms with Gasteiger partial charge in [0.1, 0.15) is 11.6 Å². The number of alkyl halides is 1. The molecule has 12 heavy (non-hydrogen) atoms. The molecule has 3 heteroatoms. The fourth-order valence-electron chi connectivity index (χ4n) is 0.351. The second-order valence-electron chi connectivity index (χ2n) is 2.67. The van der Waals surface area contributed by atoms with Crippen molar-refractivity contribution in [2.45, 2.75) is 27.2 Å². The molecule has 0 amide bonds. The second-order valence-corrected chi connectivity index (χ2v) is 2.94. The van der Waals surface area contributed by atoms with Crippen LogP contribution >= 0.6 is 11.6 Å². The largest absolute Gasteiger partial charge is 0.300 e. The molecular weight excluding hydrogens is 176 g/mol. The molecular formula is C9H15ClO2. The molecule has 70 valence electrons. The fraction of sp³-hybridized carbons (Fsp3) is 0.556. The summed E-state index contributed by atoms with van der Waals surface area (Å²) in [5.41, 5.74) is 1.02. The van der Waals surface area contributed by atoms with Crippen LogP contribution < -0.4 is 0 Å². The minimum Gasteiger partial charge on any atom is -0.300 e. The molecule has 0 aliphatic heterocycles. The Morgan fingerprint density at radius 1 is 1.17 bits per heavy atom. The SMILES string of the molecule is C=C(C)CCl.CC(=O)CC(C)=O. The molecule has 0 rings (SSSR count). The normalized spacial score (nSPS) is 8.00. The minimum atomic E-state index is -0.0625. The number of carbonyl (C=O) groups is 2. The molecule has 0 aromatic carbocycles. The number of Topliss-reactive ketones (excluding diaryl/α,β-unsaturated/α-hetero) is 2. The topological polar surface area (TPSA) is 34.1 Å². The Balaban J connectivity index is 0. The monoisotopic (exact) mass is 190 g/mol. The average molecular weight is 191 g/mol. The summed E-state index contributed by atoms with van der Waals surface area (Å²) in [4.78, 5) is 20.1. The maximum absolute atomic E-state index is 10.0. The van der Waals surface area contributed by atoms with Gasteiger partial charge < -0.3 is 0 Å². The predicted octanol–water partition coefficient (Wildman–Crippen LogP) is 2.36. The molecule has 0 aromatic rings. The highest BCUT2D eigenvalue weighted by Gasteiger charge is 1.94. The Morgan fingerprint density at radius 3 is 1.42 bits per heavy atom. The first-order valence-corrected chi connectivity index (χ1v) is 4.12. The summed E-state index contributed by atoms with van der Waals surface area (Å²) in [6.07, 6.45) is 0.0833. The van der Waals surface area contributed by atoms with E-state index < -0.39 is 0 Å². The van der Waals surface area contributed by atoms with Crippen LogP contribution in [0.2, 0.25) is 0 Å². The van der Waals surface area contributed by atoms with E-state index in [0.29, 0.717) is 5.88 Å². The van der Waals surface area contributed by atoms with E-state index in [9.17, 15) is 9.59 Å². The molecule has 0 aliphatic carbocycles. The van der Waals surface area contributed by atoms with Crippen molar-refractivity contribution in [3.8, 4) is 0 Å². The molecule has 0 aliphatic rings. The second kappa shape index (κ2) is 8.47. The zero-order chi connectivity index (χ0) is 10.1. The van der Waals surface area contributed by atoms with Crippen molar-refractivity contribution in [2.24, 2.45) is 0 Å². The quantitative estimate of drug-likeness (QED) is 0.389. The molecule has 0 saturated heterocycles. The molecule has 0 spiro atoms. The van der Waals surface area contributed by atoms with E-state index in [1.54, 1.807) is 0 Å². The van der Waals surface area contributed by atoms with Gasteiger partial charge in [-0.3, -0.25) is 9.59 Å². The Bertz CT molecular complexity index is 161. The predicted molar refractivity (Wildman–Crippen MR) is 51.5 cm³/mol. The first kappa shape index (κ1) is 13.9. The van der Waals surface area contributed by atoms with Gasteiger partial charge in [-0.05, 0) is 20.8 Å². The summed E-state index contributed by atoms with van der Waals surface area (Å²) >= 11 is 5.24. The zero-order valence-electron chi connectivity index (χ0n) is 7.82. The third-order valence-corrected chi connectivity index (χ3v) is 1.18. The summed E-state index contributed by atoms with van der Waals surface area (Å²) in [6.45, 7) is 8.25. The molecule has 0 bridgehead atoms. The van der Waals surface area contributed by atoms with Gasteiger partial charge >= 0.3 is 0 Å². The van der Waals surface area contributed by atoms with Gasteiger partial charge in [0.25, 0.3) is 0 Å². The fourth-order valence-corrected chi connectivity index (χ4v) is 0.351. The molecule has 0 heterocycles. The van der Waals surface area contributed by atoms with Gasteiger partial charge in [0.15, 0.2) is 0 Å². The number of allylic oxidation sites excluding steroid dienone is 1. The Hall–Kier alpha value is -0.630. The lowest BCUT2D eigenvalue weighted by atomic mass is 10.2. The van der Waals surface area contributed by atoms with Crippen LogP contribution in [-0.2, 0) is 9.59 Å². The number of ketones is 2. The van der Waals surface area contributed by atoms with E-state index in [4.69, 9.17) is 11.6 Å². The van der Waals surface area contributed by atoms with Gasteiger partial charge in [-0.25, -0.2) is 0 Å². The highest BCUT2D eigenvalue weighted by atomic mass is 35.5. The van der Waals surface area contributed by atoms with Crippen LogP contribution in [0.5, 0.6) is 0 Å². The zero-order valence-corrected chi connectivity index (χ0v) is 8.57. The van der Waals surface area contributed by atoms with Gasteiger partial charge in [0.2, 0.25) is 0 Å². The summed E-state index contributed by atoms with van der Waals surface area (Å²) in [5, 5.41) is 0. The summed E-state index contributed by atoms with van der Waals surface area (Å²) < 4.78 is 0. The van der Waals surface area contributed by atoms with E-state index in [-0.39, 0.29) is 18.0 Å². The lowest BCUT2D eigenvalue weighted by molar-refractivity contribution is -0.124. The van der Waals surface area contributed by atoms with Crippen LogP contribution in [0.4, 0.5) is 0 Å². The Morgan fingerprint density at radius 2 is 1.42 bits per heavy atom. The van der Waals surface area contributed by atoms with Gasteiger partial charge in [-0.15, -0.1) is 11.6 Å². The minimum absolute atomic E-state index is 0.0625. The van der Waals surface area contributed by atoms with Gasteiger partial charge in [-0.1, -0.05) is 12.2 Å². The lowest BCUT2D eigenvalue weighted by Crippen LogP contribution is -1.97. The van der Waals surface area contributed by atoms with Gasteiger partial charge in [0.05, 0.1) is 6.42 Å². The number of hydrogen-bond donors (Lipinski definition) is 0. The molecule has 0 radical (unpaired) electrons.